The van der Waals surface area contributed by atoms with Gasteiger partial charge in [0.25, 0.3) is 0 Å². The largest absolute Gasteiger partial charge is 0.255 e. The van der Waals surface area contributed by atoms with Gasteiger partial charge >= 0.3 is 0 Å². The Balaban J connectivity index is 1.56. The maximum Gasteiger partial charge on any atom is 0.173 e. The third-order valence-electron chi connectivity index (χ3n) is 8.08. The molecule has 2 aromatic carbocycles. The molecule has 0 N–H and O–H groups in total. The van der Waals surface area contributed by atoms with Crippen molar-refractivity contribution in [1.29, 1.82) is 0 Å². The summed E-state index contributed by atoms with van der Waals surface area (Å²) in [5.74, 6) is 0. The van der Waals surface area contributed by atoms with Crippen LogP contribution in [0.25, 0.3) is 22.4 Å². The van der Waals surface area contributed by atoms with E-state index >= 15 is 0 Å². The maximum absolute atomic E-state index is 5.17. The molecule has 39 heavy (non-hydrogen) atoms. The normalized spacial score (nSPS) is 13.2. The highest BCUT2D eigenvalue weighted by Crippen LogP contribution is 2.51. The van der Waals surface area contributed by atoms with Gasteiger partial charge in [-0.1, -0.05) is 74.5 Å². The maximum atomic E-state index is 5.17. The Kier molecular flexibility index (Phi) is 7.06. The Hall–Kier alpha value is -4.11. The van der Waals surface area contributed by atoms with Crippen LogP contribution in [-0.2, 0) is 31.3 Å². The summed E-state index contributed by atoms with van der Waals surface area (Å²) in [6, 6.07) is 31.1. The highest BCUT2D eigenvalue weighted by Gasteiger charge is 2.46. The van der Waals surface area contributed by atoms with E-state index in [-0.39, 0.29) is 5.41 Å². The lowest BCUT2D eigenvalue weighted by Crippen LogP contribution is -2.37. The van der Waals surface area contributed by atoms with Crippen molar-refractivity contribution in [3.63, 3.8) is 0 Å². The average Bonchev–Trinajstić information content (AvgIpc) is 3.23. The van der Waals surface area contributed by atoms with E-state index < -0.39 is 0 Å². The van der Waals surface area contributed by atoms with Crippen molar-refractivity contribution < 1.29 is 9.13 Å². The van der Waals surface area contributed by atoms with Crippen molar-refractivity contribution in [2.24, 2.45) is 0 Å². The van der Waals surface area contributed by atoms with Crippen molar-refractivity contribution in [2.45, 2.75) is 58.0 Å². The quantitative estimate of drug-likeness (QED) is 0.197. The molecule has 0 aliphatic heterocycles. The predicted molar refractivity (Wildman–Crippen MR) is 157 cm³/mol. The molecule has 0 spiro atoms. The zero-order valence-electron chi connectivity index (χ0n) is 23.1. The Morgan fingerprint density at radius 1 is 0.641 bits per heavy atom. The monoisotopic (exact) mass is 511 g/mol. The fourth-order valence-corrected chi connectivity index (χ4v) is 6.26. The van der Waals surface area contributed by atoms with Gasteiger partial charge in [-0.3, -0.25) is 4.98 Å². The SMILES string of the molecule is CCC[n+]1ccc(-c2cnc3c(c2)C(Cc2ccccc2)(Cc2ccccc2)c2c[n+](CCC)ccc2-3)cc1. The molecule has 0 saturated carbocycles. The van der Waals surface area contributed by atoms with Crippen molar-refractivity contribution in [3.8, 4) is 22.4 Å². The summed E-state index contributed by atoms with van der Waals surface area (Å²) in [6.07, 6.45) is 15.2. The molecular weight excluding hydrogens is 474 g/mol. The number of aromatic nitrogens is 3. The second kappa shape index (κ2) is 10.9. The summed E-state index contributed by atoms with van der Waals surface area (Å²) in [4.78, 5) is 5.17. The zero-order chi connectivity index (χ0) is 26.7. The molecule has 3 nitrogen and oxygen atoms in total. The van der Waals surface area contributed by atoms with E-state index in [2.05, 4.69) is 139 Å². The second-order valence-corrected chi connectivity index (χ2v) is 10.9. The number of hydrogen-bond acceptors (Lipinski definition) is 1. The number of nitrogens with zero attached hydrogens (tertiary/aromatic N) is 3. The van der Waals surface area contributed by atoms with E-state index in [0.717, 1.165) is 44.5 Å². The topological polar surface area (TPSA) is 20.6 Å². The fraction of sp³-hybridized carbons (Fsp3) is 0.250. The summed E-state index contributed by atoms with van der Waals surface area (Å²) < 4.78 is 4.61. The Labute approximate surface area is 232 Å². The lowest BCUT2D eigenvalue weighted by atomic mass is 9.70. The van der Waals surface area contributed by atoms with Crippen molar-refractivity contribution in [3.05, 3.63) is 138 Å². The first-order chi connectivity index (χ1) is 19.2. The summed E-state index contributed by atoms with van der Waals surface area (Å²) in [7, 11) is 0. The van der Waals surface area contributed by atoms with E-state index in [1.54, 1.807) is 0 Å². The molecule has 0 amide bonds. The summed E-state index contributed by atoms with van der Waals surface area (Å²) in [5.41, 5.74) is 9.99. The van der Waals surface area contributed by atoms with Crippen molar-refractivity contribution in [2.75, 3.05) is 0 Å². The van der Waals surface area contributed by atoms with Gasteiger partial charge in [0.15, 0.2) is 24.8 Å². The van der Waals surface area contributed by atoms with Crippen LogP contribution in [0.1, 0.15) is 48.9 Å². The molecule has 0 fully saturated rings. The standard InChI is InChI=1S/C36H37N3/c1-3-18-38-20-15-30(16-21-38)31-23-33-35(37-26-31)32-17-22-39(19-4-2)27-34(32)36(33,24-28-11-7-5-8-12-28)25-29-13-9-6-10-14-29/h5-17,20-23,26-27H,3-4,18-19,24-25H2,1-2H3/q+2. The van der Waals surface area contributed by atoms with Crippen LogP contribution in [0.15, 0.2) is 116 Å². The molecule has 1 aliphatic rings. The smallest absolute Gasteiger partial charge is 0.173 e. The molecule has 194 valence electrons. The van der Waals surface area contributed by atoms with Crippen LogP contribution in [0.3, 0.4) is 0 Å². The van der Waals surface area contributed by atoms with Gasteiger partial charge in [0.1, 0.15) is 13.1 Å². The summed E-state index contributed by atoms with van der Waals surface area (Å²) >= 11 is 0. The Morgan fingerprint density at radius 3 is 1.85 bits per heavy atom. The van der Waals surface area contributed by atoms with E-state index in [9.17, 15) is 0 Å². The molecule has 3 heteroatoms. The lowest BCUT2D eigenvalue weighted by molar-refractivity contribution is -0.697. The van der Waals surface area contributed by atoms with Crippen LogP contribution in [0.4, 0.5) is 0 Å². The molecule has 0 atom stereocenters. The van der Waals surface area contributed by atoms with Crippen molar-refractivity contribution >= 4 is 0 Å². The molecular formula is C36H37N3+2. The molecule has 0 bridgehead atoms. The minimum atomic E-state index is -0.218. The Morgan fingerprint density at radius 2 is 1.23 bits per heavy atom. The van der Waals surface area contributed by atoms with Gasteiger partial charge in [-0.05, 0) is 41.2 Å². The number of rotatable bonds is 9. The van der Waals surface area contributed by atoms with Crippen LogP contribution < -0.4 is 9.13 Å². The van der Waals surface area contributed by atoms with Gasteiger partial charge in [-0.2, -0.15) is 0 Å². The molecule has 3 aromatic heterocycles. The van der Waals surface area contributed by atoms with Crippen molar-refractivity contribution in [1.82, 2.24) is 4.98 Å². The number of fused-ring (bicyclic) bond motifs is 3. The van der Waals surface area contributed by atoms with Crippen LogP contribution in [0.2, 0.25) is 0 Å². The van der Waals surface area contributed by atoms with Gasteiger partial charge in [0.05, 0.1) is 5.69 Å². The van der Waals surface area contributed by atoms with E-state index in [1.165, 1.54) is 38.9 Å². The molecule has 0 saturated heterocycles. The summed E-state index contributed by atoms with van der Waals surface area (Å²) in [6.45, 7) is 6.50. The third kappa shape index (κ3) is 4.90. The van der Waals surface area contributed by atoms with E-state index in [0.29, 0.717) is 0 Å². The molecule has 5 aromatic rings. The van der Waals surface area contributed by atoms with Crippen LogP contribution in [0.5, 0.6) is 0 Å². The predicted octanol–water partition coefficient (Wildman–Crippen LogP) is 6.90. The van der Waals surface area contributed by atoms with Gasteiger partial charge in [-0.25, -0.2) is 9.13 Å². The fourth-order valence-electron chi connectivity index (χ4n) is 6.26. The van der Waals surface area contributed by atoms with Gasteiger partial charge in [0.2, 0.25) is 0 Å². The third-order valence-corrected chi connectivity index (χ3v) is 8.08. The van der Waals surface area contributed by atoms with Crippen LogP contribution in [-0.4, -0.2) is 4.98 Å². The number of aryl methyl sites for hydroxylation is 2. The molecule has 0 radical (unpaired) electrons. The van der Waals surface area contributed by atoms with Gasteiger partial charge < -0.3 is 0 Å². The van der Waals surface area contributed by atoms with Gasteiger partial charge in [-0.15, -0.1) is 0 Å². The van der Waals surface area contributed by atoms with E-state index in [4.69, 9.17) is 4.98 Å². The minimum Gasteiger partial charge on any atom is -0.255 e. The first-order valence-electron chi connectivity index (χ1n) is 14.3. The lowest BCUT2D eigenvalue weighted by Gasteiger charge is -2.32. The van der Waals surface area contributed by atoms with Crippen LogP contribution >= 0.6 is 0 Å². The molecule has 1 aliphatic carbocycles. The first-order valence-corrected chi connectivity index (χ1v) is 14.3. The first kappa shape index (κ1) is 25.2. The average molecular weight is 512 g/mol. The molecule has 6 rings (SSSR count). The number of hydrogen-bond donors (Lipinski definition) is 0. The van der Waals surface area contributed by atoms with Gasteiger partial charge in [0, 0.05) is 59.3 Å². The second-order valence-electron chi connectivity index (χ2n) is 10.9. The number of pyridine rings is 3. The van der Waals surface area contributed by atoms with Crippen LogP contribution in [0, 0.1) is 0 Å². The number of benzene rings is 2. The minimum absolute atomic E-state index is 0.218. The zero-order valence-corrected chi connectivity index (χ0v) is 23.1. The van der Waals surface area contributed by atoms with E-state index in [1.807, 2.05) is 0 Å². The molecule has 3 heterocycles. The highest BCUT2D eigenvalue weighted by molar-refractivity contribution is 5.80. The highest BCUT2D eigenvalue weighted by atomic mass is 14.9. The summed E-state index contributed by atoms with van der Waals surface area (Å²) in [5, 5.41) is 0. The molecule has 0 unspecified atom stereocenters. The Bertz CT molecular complexity index is 1520.